The van der Waals surface area contributed by atoms with Crippen LogP contribution in [0.3, 0.4) is 0 Å². The molecule has 1 heterocycles. The molecular weight excluding hydrogens is 416 g/mol. The minimum absolute atomic E-state index is 0.00450. The van der Waals surface area contributed by atoms with Crippen molar-refractivity contribution in [1.82, 2.24) is 5.32 Å². The Hall–Kier alpha value is -2.60. The van der Waals surface area contributed by atoms with Crippen molar-refractivity contribution in [3.63, 3.8) is 0 Å². The highest BCUT2D eigenvalue weighted by atomic mass is 16.5. The van der Waals surface area contributed by atoms with E-state index in [2.05, 4.69) is 37.6 Å². The third kappa shape index (κ3) is 7.46. The van der Waals surface area contributed by atoms with Crippen molar-refractivity contribution < 1.29 is 19.4 Å². The van der Waals surface area contributed by atoms with Crippen LogP contribution in [0.5, 0.6) is 5.75 Å². The number of aromatic hydroxyl groups is 1. The van der Waals surface area contributed by atoms with Crippen molar-refractivity contribution in [3.8, 4) is 5.75 Å². The molecule has 0 aromatic heterocycles. The Morgan fingerprint density at radius 2 is 2.00 bits per heavy atom. The van der Waals surface area contributed by atoms with Crippen LogP contribution in [0.1, 0.15) is 75.0 Å². The van der Waals surface area contributed by atoms with E-state index in [9.17, 15) is 14.7 Å². The Balaban J connectivity index is 2.05. The van der Waals surface area contributed by atoms with E-state index in [1.807, 2.05) is 6.07 Å². The molecule has 0 fully saturated rings. The van der Waals surface area contributed by atoms with Gasteiger partial charge in [0, 0.05) is 17.7 Å². The molecule has 0 saturated heterocycles. The van der Waals surface area contributed by atoms with Crippen LogP contribution in [0.15, 0.2) is 31.4 Å². The van der Waals surface area contributed by atoms with Gasteiger partial charge in [0.25, 0.3) is 0 Å². The lowest BCUT2D eigenvalue weighted by Crippen LogP contribution is -2.38. The second-order valence-electron chi connectivity index (χ2n) is 9.26. The van der Waals surface area contributed by atoms with Crippen molar-refractivity contribution in [2.24, 2.45) is 5.92 Å². The zero-order valence-corrected chi connectivity index (χ0v) is 20.4. The third-order valence-corrected chi connectivity index (χ3v) is 6.24. The summed E-state index contributed by atoms with van der Waals surface area (Å²) in [6.07, 6.45) is 9.38. The van der Waals surface area contributed by atoms with Crippen LogP contribution < -0.4 is 10.6 Å². The van der Waals surface area contributed by atoms with E-state index in [4.69, 9.17) is 4.74 Å². The molecule has 1 aromatic rings. The first kappa shape index (κ1) is 26.7. The number of methoxy groups -OCH3 is 1. The smallest absolute Gasteiger partial charge is 0.322 e. The fourth-order valence-corrected chi connectivity index (χ4v) is 4.55. The lowest BCUT2D eigenvalue weighted by molar-refractivity contribution is -0.143. The van der Waals surface area contributed by atoms with Gasteiger partial charge in [0.05, 0.1) is 7.11 Å². The first-order valence-electron chi connectivity index (χ1n) is 12.0. The van der Waals surface area contributed by atoms with Gasteiger partial charge >= 0.3 is 5.97 Å². The van der Waals surface area contributed by atoms with E-state index in [1.54, 1.807) is 12.2 Å². The number of phenols is 1. The molecule has 0 aliphatic carbocycles. The molecule has 0 radical (unpaired) electrons. The minimum atomic E-state index is -0.280. The second kappa shape index (κ2) is 13.2. The molecule has 2 atom stereocenters. The fourth-order valence-electron chi connectivity index (χ4n) is 4.55. The summed E-state index contributed by atoms with van der Waals surface area (Å²) in [6.45, 7) is 12.6. The van der Waals surface area contributed by atoms with Crippen molar-refractivity contribution in [1.29, 1.82) is 0 Å². The number of anilines is 1. The van der Waals surface area contributed by atoms with Crippen LogP contribution >= 0.6 is 0 Å². The highest BCUT2D eigenvalue weighted by molar-refractivity contribution is 5.95. The number of fused-ring (bicyclic) bond motifs is 1. The van der Waals surface area contributed by atoms with Crippen LogP contribution in [0.25, 0.3) is 0 Å². The summed E-state index contributed by atoms with van der Waals surface area (Å²) in [5.74, 6) is 0.648. The van der Waals surface area contributed by atoms with E-state index in [-0.39, 0.29) is 29.6 Å². The summed E-state index contributed by atoms with van der Waals surface area (Å²) in [5, 5.41) is 17.2. The third-order valence-electron chi connectivity index (χ3n) is 6.24. The van der Waals surface area contributed by atoms with Gasteiger partial charge in [-0.3, -0.25) is 9.59 Å². The van der Waals surface area contributed by atoms with Crippen LogP contribution in [0.2, 0.25) is 0 Å². The highest BCUT2D eigenvalue weighted by Crippen LogP contribution is 2.43. The zero-order valence-electron chi connectivity index (χ0n) is 20.4. The van der Waals surface area contributed by atoms with Crippen molar-refractivity contribution in [2.45, 2.75) is 77.2 Å². The molecule has 3 N–H and O–H groups in total. The number of phenolic OH excluding ortho intramolecular Hbond substituents is 1. The summed E-state index contributed by atoms with van der Waals surface area (Å²) in [7, 11) is 1.43. The zero-order chi connectivity index (χ0) is 24.4. The molecule has 182 valence electrons. The van der Waals surface area contributed by atoms with Gasteiger partial charge in [-0.25, -0.2) is 0 Å². The predicted octanol–water partition coefficient (Wildman–Crippen LogP) is 5.01. The fraction of sp³-hybridized carbons (Fsp3) is 0.556. The number of carbonyl (C=O) groups excluding carboxylic acids is 2. The minimum Gasteiger partial charge on any atom is -0.507 e. The van der Waals surface area contributed by atoms with Gasteiger partial charge in [0.2, 0.25) is 5.91 Å². The number of rotatable bonds is 14. The molecule has 2 unspecified atom stereocenters. The molecule has 0 spiro atoms. The summed E-state index contributed by atoms with van der Waals surface area (Å²) >= 11 is 0. The summed E-state index contributed by atoms with van der Waals surface area (Å²) in [6, 6.07) is 1.60. The average molecular weight is 457 g/mol. The first-order valence-corrected chi connectivity index (χ1v) is 12.0. The number of unbranched alkanes of at least 4 members (excludes halogenated alkanes) is 1. The number of hydrogen-bond acceptors (Lipinski definition) is 5. The number of hydrogen-bond donors (Lipinski definition) is 3. The maximum Gasteiger partial charge on any atom is 0.322 e. The normalized spacial score (nSPS) is 16.1. The van der Waals surface area contributed by atoms with Gasteiger partial charge in [-0.05, 0) is 74.1 Å². The molecule has 0 saturated carbocycles. The van der Waals surface area contributed by atoms with Gasteiger partial charge in [0.1, 0.15) is 11.8 Å². The summed E-state index contributed by atoms with van der Waals surface area (Å²) < 4.78 is 4.94. The van der Waals surface area contributed by atoms with E-state index >= 15 is 0 Å². The molecule has 6 nitrogen and oxygen atoms in total. The van der Waals surface area contributed by atoms with Gasteiger partial charge in [-0.2, -0.15) is 0 Å². The van der Waals surface area contributed by atoms with Gasteiger partial charge < -0.3 is 20.5 Å². The molecule has 6 heteroatoms. The Labute approximate surface area is 198 Å². The molecule has 1 aliphatic heterocycles. The Morgan fingerprint density at radius 3 is 2.64 bits per heavy atom. The summed E-state index contributed by atoms with van der Waals surface area (Å²) in [5.41, 5.74) is 3.43. The number of nitrogens with one attached hydrogen (secondary N) is 2. The van der Waals surface area contributed by atoms with Gasteiger partial charge in [-0.15, -0.1) is 13.2 Å². The van der Waals surface area contributed by atoms with Crippen LogP contribution in [0.4, 0.5) is 5.69 Å². The molecule has 0 bridgehead atoms. The van der Waals surface area contributed by atoms with Gasteiger partial charge in [0.15, 0.2) is 0 Å². The Morgan fingerprint density at radius 1 is 1.27 bits per heavy atom. The van der Waals surface area contributed by atoms with Crippen molar-refractivity contribution in [2.75, 3.05) is 19.0 Å². The van der Waals surface area contributed by atoms with Crippen molar-refractivity contribution >= 4 is 17.6 Å². The number of amides is 1. The van der Waals surface area contributed by atoms with E-state index in [0.29, 0.717) is 31.7 Å². The molecule has 1 aliphatic rings. The maximum absolute atomic E-state index is 12.4. The quantitative estimate of drug-likeness (QED) is 0.158. The lowest BCUT2D eigenvalue weighted by atomic mass is 9.81. The first-order chi connectivity index (χ1) is 15.8. The molecular formula is C27H40N2O4. The second-order valence-corrected chi connectivity index (χ2v) is 9.26. The van der Waals surface area contributed by atoms with Crippen LogP contribution in [-0.4, -0.2) is 36.7 Å². The number of allylic oxidation sites excluding steroid dienone is 2. The van der Waals surface area contributed by atoms with E-state index in [1.165, 1.54) is 7.11 Å². The van der Waals surface area contributed by atoms with Crippen LogP contribution in [-0.2, 0) is 27.2 Å². The van der Waals surface area contributed by atoms with E-state index in [0.717, 1.165) is 54.5 Å². The highest BCUT2D eigenvalue weighted by Gasteiger charge is 2.29. The van der Waals surface area contributed by atoms with E-state index < -0.39 is 0 Å². The average Bonchev–Trinajstić information content (AvgIpc) is 2.77. The number of ether oxygens (including phenoxy) is 1. The van der Waals surface area contributed by atoms with Crippen molar-refractivity contribution in [3.05, 3.63) is 48.1 Å². The lowest BCUT2D eigenvalue weighted by Gasteiger charge is -2.29. The number of esters is 1. The standard InChI is InChI=1S/C27H40N2O4/c1-6-10-20-16-23-25(21(11-7-2)26(20)31)19(17-24(30)29-23)12-8-9-15-28-22(27(32)33-5)14-13-18(3)4/h6-7,16,18-19,22,28,31H,1-2,8-15,17H2,3-5H3,(H,29,30). The summed E-state index contributed by atoms with van der Waals surface area (Å²) in [4.78, 5) is 24.4. The molecule has 1 aromatic carbocycles. The molecule has 33 heavy (non-hydrogen) atoms. The van der Waals surface area contributed by atoms with Crippen LogP contribution in [0, 0.1) is 5.92 Å². The number of benzene rings is 1. The Kier molecular flexibility index (Phi) is 10.7. The topological polar surface area (TPSA) is 87.7 Å². The molecule has 2 rings (SSSR count). The number of carbonyl (C=O) groups is 2. The SMILES string of the molecule is C=CCc1cc2c(c(CC=C)c1O)C(CCCCNC(CCC(C)C)C(=O)OC)CC(=O)N2. The van der Waals surface area contributed by atoms with Gasteiger partial charge in [-0.1, -0.05) is 32.4 Å². The molecule has 1 amide bonds. The largest absolute Gasteiger partial charge is 0.507 e. The predicted molar refractivity (Wildman–Crippen MR) is 134 cm³/mol. The monoisotopic (exact) mass is 456 g/mol. The Bertz CT molecular complexity index is 847. The maximum atomic E-state index is 12.4.